The first kappa shape index (κ1) is 17.5. The van der Waals surface area contributed by atoms with E-state index in [1.807, 2.05) is 17.0 Å². The molecule has 5 heteroatoms. The molecule has 23 heavy (non-hydrogen) atoms. The molecule has 1 fully saturated rings. The SMILES string of the molecule is CC1CCN(C(=O)c2ccccc2NC(=O)C(C)C(C)N)CC1. The van der Waals surface area contributed by atoms with Gasteiger partial charge >= 0.3 is 0 Å². The van der Waals surface area contributed by atoms with E-state index in [1.165, 1.54) is 0 Å². The van der Waals surface area contributed by atoms with Crippen LogP contribution in [-0.4, -0.2) is 35.8 Å². The van der Waals surface area contributed by atoms with Gasteiger partial charge in [0.1, 0.15) is 0 Å². The molecule has 2 unspecified atom stereocenters. The number of carbonyl (C=O) groups excluding carboxylic acids is 2. The molecule has 5 nitrogen and oxygen atoms in total. The number of carbonyl (C=O) groups is 2. The summed E-state index contributed by atoms with van der Waals surface area (Å²) in [5, 5.41) is 2.85. The molecule has 2 amide bonds. The van der Waals surface area contributed by atoms with Crippen molar-refractivity contribution in [3.8, 4) is 0 Å². The van der Waals surface area contributed by atoms with Crippen LogP contribution in [0.3, 0.4) is 0 Å². The molecule has 1 heterocycles. The van der Waals surface area contributed by atoms with Gasteiger partial charge in [-0.15, -0.1) is 0 Å². The third-order valence-corrected chi connectivity index (χ3v) is 4.69. The van der Waals surface area contributed by atoms with Gasteiger partial charge in [-0.05, 0) is 37.8 Å². The Balaban J connectivity index is 2.14. The maximum Gasteiger partial charge on any atom is 0.255 e. The summed E-state index contributed by atoms with van der Waals surface area (Å²) in [5.74, 6) is 0.184. The molecule has 1 aliphatic rings. The monoisotopic (exact) mass is 317 g/mol. The van der Waals surface area contributed by atoms with Crippen LogP contribution in [0.5, 0.6) is 0 Å². The van der Waals surface area contributed by atoms with Gasteiger partial charge in [0.15, 0.2) is 0 Å². The lowest BCUT2D eigenvalue weighted by atomic mass is 9.98. The summed E-state index contributed by atoms with van der Waals surface area (Å²) < 4.78 is 0. The summed E-state index contributed by atoms with van der Waals surface area (Å²) in [4.78, 5) is 26.9. The number of hydrogen-bond donors (Lipinski definition) is 2. The highest BCUT2D eigenvalue weighted by Gasteiger charge is 2.24. The van der Waals surface area contributed by atoms with Crippen LogP contribution < -0.4 is 11.1 Å². The van der Waals surface area contributed by atoms with Gasteiger partial charge in [0.25, 0.3) is 5.91 Å². The number of nitrogens with one attached hydrogen (secondary N) is 1. The summed E-state index contributed by atoms with van der Waals surface area (Å²) in [5.41, 5.74) is 6.89. The number of likely N-dealkylation sites (tertiary alicyclic amines) is 1. The average molecular weight is 317 g/mol. The Hall–Kier alpha value is -1.88. The summed E-state index contributed by atoms with van der Waals surface area (Å²) in [6, 6.07) is 6.95. The quantitative estimate of drug-likeness (QED) is 0.896. The predicted molar refractivity (Wildman–Crippen MR) is 92.2 cm³/mol. The van der Waals surface area contributed by atoms with E-state index in [1.54, 1.807) is 26.0 Å². The van der Waals surface area contributed by atoms with Gasteiger partial charge in [-0.2, -0.15) is 0 Å². The second-order valence-corrected chi connectivity index (χ2v) is 6.66. The Kier molecular flexibility index (Phi) is 5.77. The highest BCUT2D eigenvalue weighted by Crippen LogP contribution is 2.22. The van der Waals surface area contributed by atoms with Crippen molar-refractivity contribution >= 4 is 17.5 Å². The Labute approximate surface area is 138 Å². The fraction of sp³-hybridized carbons (Fsp3) is 0.556. The molecule has 1 aromatic carbocycles. The molecule has 0 spiro atoms. The second-order valence-electron chi connectivity index (χ2n) is 6.66. The molecule has 1 aliphatic heterocycles. The zero-order valence-corrected chi connectivity index (χ0v) is 14.2. The number of para-hydroxylation sites is 1. The molecular formula is C18H27N3O2. The van der Waals surface area contributed by atoms with Gasteiger partial charge in [-0.1, -0.05) is 26.0 Å². The van der Waals surface area contributed by atoms with Crippen molar-refractivity contribution in [3.63, 3.8) is 0 Å². The first-order valence-electron chi connectivity index (χ1n) is 8.35. The number of nitrogens with zero attached hydrogens (tertiary/aromatic N) is 1. The van der Waals surface area contributed by atoms with Gasteiger partial charge in [-0.25, -0.2) is 0 Å². The zero-order valence-electron chi connectivity index (χ0n) is 14.2. The standard InChI is InChI=1S/C18H27N3O2/c1-12-8-10-21(11-9-12)18(23)15-6-4-5-7-16(15)20-17(22)13(2)14(3)19/h4-7,12-14H,8-11,19H2,1-3H3,(H,20,22). The predicted octanol–water partition coefficient (Wildman–Crippen LogP) is 2.48. The molecule has 0 aromatic heterocycles. The minimum Gasteiger partial charge on any atom is -0.339 e. The summed E-state index contributed by atoms with van der Waals surface area (Å²) >= 11 is 0. The number of anilines is 1. The molecule has 3 N–H and O–H groups in total. The van der Waals surface area contributed by atoms with E-state index in [0.29, 0.717) is 17.2 Å². The van der Waals surface area contributed by atoms with Crippen LogP contribution in [0.15, 0.2) is 24.3 Å². The smallest absolute Gasteiger partial charge is 0.255 e. The Morgan fingerprint density at radius 3 is 2.43 bits per heavy atom. The normalized spacial score (nSPS) is 18.3. The van der Waals surface area contributed by atoms with Crippen molar-refractivity contribution in [2.75, 3.05) is 18.4 Å². The van der Waals surface area contributed by atoms with Crippen molar-refractivity contribution < 1.29 is 9.59 Å². The van der Waals surface area contributed by atoms with Crippen LogP contribution in [0.2, 0.25) is 0 Å². The molecule has 0 bridgehead atoms. The van der Waals surface area contributed by atoms with Crippen molar-refractivity contribution in [1.29, 1.82) is 0 Å². The van der Waals surface area contributed by atoms with E-state index in [9.17, 15) is 9.59 Å². The van der Waals surface area contributed by atoms with Gasteiger partial charge in [-0.3, -0.25) is 9.59 Å². The maximum atomic E-state index is 12.8. The van der Waals surface area contributed by atoms with Gasteiger partial charge < -0.3 is 16.0 Å². The first-order valence-corrected chi connectivity index (χ1v) is 8.35. The third-order valence-electron chi connectivity index (χ3n) is 4.69. The minimum absolute atomic E-state index is 0.0127. The molecule has 2 rings (SSSR count). The Bertz CT molecular complexity index is 563. The van der Waals surface area contributed by atoms with Crippen LogP contribution in [0.4, 0.5) is 5.69 Å². The average Bonchev–Trinajstić information content (AvgIpc) is 2.54. The number of hydrogen-bond acceptors (Lipinski definition) is 3. The number of rotatable bonds is 4. The van der Waals surface area contributed by atoms with Crippen LogP contribution in [0.1, 0.15) is 44.0 Å². The lowest BCUT2D eigenvalue weighted by molar-refractivity contribution is -0.119. The van der Waals surface area contributed by atoms with E-state index in [-0.39, 0.29) is 23.8 Å². The van der Waals surface area contributed by atoms with Gasteiger partial charge in [0, 0.05) is 19.1 Å². The lowest BCUT2D eigenvalue weighted by Crippen LogP contribution is -2.39. The highest BCUT2D eigenvalue weighted by atomic mass is 16.2. The topological polar surface area (TPSA) is 75.4 Å². The van der Waals surface area contributed by atoms with Crippen molar-refractivity contribution in [1.82, 2.24) is 4.90 Å². The lowest BCUT2D eigenvalue weighted by Gasteiger charge is -2.31. The fourth-order valence-electron chi connectivity index (χ4n) is 2.65. The first-order chi connectivity index (χ1) is 10.9. The Morgan fingerprint density at radius 2 is 1.83 bits per heavy atom. The van der Waals surface area contributed by atoms with E-state index >= 15 is 0 Å². The molecule has 2 atom stereocenters. The molecular weight excluding hydrogens is 290 g/mol. The molecule has 0 aliphatic carbocycles. The van der Waals surface area contributed by atoms with Crippen LogP contribution in [0, 0.1) is 11.8 Å². The molecule has 1 saturated heterocycles. The third kappa shape index (κ3) is 4.32. The van der Waals surface area contributed by atoms with Crippen LogP contribution >= 0.6 is 0 Å². The second kappa shape index (κ2) is 7.59. The van der Waals surface area contributed by atoms with E-state index in [0.717, 1.165) is 25.9 Å². The number of nitrogens with two attached hydrogens (primary N) is 1. The molecule has 0 saturated carbocycles. The number of amides is 2. The minimum atomic E-state index is -0.311. The zero-order chi connectivity index (χ0) is 17.0. The van der Waals surface area contributed by atoms with Crippen LogP contribution in [-0.2, 0) is 4.79 Å². The number of piperidine rings is 1. The number of benzene rings is 1. The van der Waals surface area contributed by atoms with E-state index in [2.05, 4.69) is 12.2 Å². The van der Waals surface area contributed by atoms with Gasteiger partial charge in [0.2, 0.25) is 5.91 Å². The molecule has 0 radical (unpaired) electrons. The Morgan fingerprint density at radius 1 is 1.22 bits per heavy atom. The summed E-state index contributed by atoms with van der Waals surface area (Å²) in [6.45, 7) is 7.36. The van der Waals surface area contributed by atoms with E-state index in [4.69, 9.17) is 5.73 Å². The van der Waals surface area contributed by atoms with Crippen molar-refractivity contribution in [2.24, 2.45) is 17.6 Å². The molecule has 126 valence electrons. The highest BCUT2D eigenvalue weighted by molar-refractivity contribution is 6.04. The van der Waals surface area contributed by atoms with Crippen molar-refractivity contribution in [3.05, 3.63) is 29.8 Å². The fourth-order valence-corrected chi connectivity index (χ4v) is 2.65. The molecule has 1 aromatic rings. The summed E-state index contributed by atoms with van der Waals surface area (Å²) in [6.07, 6.45) is 2.06. The largest absolute Gasteiger partial charge is 0.339 e. The van der Waals surface area contributed by atoms with Crippen molar-refractivity contribution in [2.45, 2.75) is 39.7 Å². The van der Waals surface area contributed by atoms with E-state index < -0.39 is 0 Å². The van der Waals surface area contributed by atoms with Crippen LogP contribution in [0.25, 0.3) is 0 Å². The summed E-state index contributed by atoms with van der Waals surface area (Å²) in [7, 11) is 0. The van der Waals surface area contributed by atoms with Gasteiger partial charge in [0.05, 0.1) is 17.2 Å². The maximum absolute atomic E-state index is 12.8.